The van der Waals surface area contributed by atoms with Gasteiger partial charge in [-0.15, -0.1) is 9.73 Å². The van der Waals surface area contributed by atoms with Gasteiger partial charge in [0.25, 0.3) is 5.82 Å². The smallest absolute Gasteiger partial charge is 0.378 e. The van der Waals surface area contributed by atoms with E-state index in [2.05, 4.69) is 15.2 Å². The molecule has 2 aromatic rings. The Kier molecular flexibility index (Phi) is 2.28. The predicted molar refractivity (Wildman–Crippen MR) is 58.7 cm³/mol. The molecular weight excluding hydrogens is 220 g/mol. The Hall–Kier alpha value is -1.98. The van der Waals surface area contributed by atoms with Crippen molar-refractivity contribution >= 4 is 11.6 Å². The highest BCUT2D eigenvalue weighted by molar-refractivity contribution is 5.85. The Labute approximate surface area is 97.6 Å². The Morgan fingerprint density at radius 3 is 3.00 bits per heavy atom. The third kappa shape index (κ3) is 1.86. The summed E-state index contributed by atoms with van der Waals surface area (Å²) in [5.41, 5.74) is 1.58. The first-order valence-electron chi connectivity index (χ1n) is 5.69. The van der Waals surface area contributed by atoms with Crippen LogP contribution in [0.4, 0.5) is 0 Å². The number of carbonyl (C=O) groups is 1. The fraction of sp³-hybridized carbons (Fsp3) is 0.455. The van der Waals surface area contributed by atoms with Crippen molar-refractivity contribution in [3.8, 4) is 0 Å². The summed E-state index contributed by atoms with van der Waals surface area (Å²) in [6, 6.07) is 3.77. The van der Waals surface area contributed by atoms with Gasteiger partial charge in [0.1, 0.15) is 0 Å². The number of rotatable bonds is 3. The third-order valence-electron chi connectivity index (χ3n) is 2.68. The summed E-state index contributed by atoms with van der Waals surface area (Å²) < 4.78 is 6.25. The van der Waals surface area contributed by atoms with Crippen molar-refractivity contribution in [1.29, 1.82) is 0 Å². The van der Waals surface area contributed by atoms with Crippen LogP contribution in [-0.2, 0) is 4.74 Å². The lowest BCUT2D eigenvalue weighted by Crippen LogP contribution is -2.07. The normalized spacial score (nSPS) is 15.1. The number of fused-ring (bicyclic) bond motifs is 1. The van der Waals surface area contributed by atoms with Crippen LogP contribution in [0, 0.1) is 0 Å². The van der Waals surface area contributed by atoms with Gasteiger partial charge in [0.2, 0.25) is 0 Å². The van der Waals surface area contributed by atoms with Gasteiger partial charge in [-0.2, -0.15) is 10.1 Å². The molecule has 0 spiro atoms. The van der Waals surface area contributed by atoms with Crippen LogP contribution in [0.25, 0.3) is 5.65 Å². The minimum atomic E-state index is -0.508. The largest absolute Gasteiger partial charge is 0.460 e. The monoisotopic (exact) mass is 232 g/mol. The van der Waals surface area contributed by atoms with Crippen molar-refractivity contribution in [1.82, 2.24) is 19.8 Å². The molecule has 0 radical (unpaired) electrons. The van der Waals surface area contributed by atoms with E-state index in [4.69, 9.17) is 4.74 Å². The van der Waals surface area contributed by atoms with E-state index in [1.807, 2.05) is 12.1 Å². The average Bonchev–Trinajstić information content (AvgIpc) is 3.08. The maximum atomic E-state index is 11.5. The van der Waals surface area contributed by atoms with E-state index in [0.29, 0.717) is 18.2 Å². The molecule has 0 saturated heterocycles. The maximum Gasteiger partial charge on any atom is 0.378 e. The fourth-order valence-electron chi connectivity index (χ4n) is 1.68. The molecular formula is C11H12N4O2. The lowest BCUT2D eigenvalue weighted by molar-refractivity contribution is 0.0512. The first kappa shape index (κ1) is 10.2. The van der Waals surface area contributed by atoms with Crippen molar-refractivity contribution in [3.05, 3.63) is 23.7 Å². The summed E-state index contributed by atoms with van der Waals surface area (Å²) in [7, 11) is 0. The van der Waals surface area contributed by atoms with Crippen molar-refractivity contribution < 1.29 is 9.53 Å². The fourth-order valence-corrected chi connectivity index (χ4v) is 1.68. The van der Waals surface area contributed by atoms with Crippen LogP contribution in [0.1, 0.15) is 42.0 Å². The molecule has 1 aliphatic rings. The summed E-state index contributed by atoms with van der Waals surface area (Å²) in [4.78, 5) is 15.5. The molecule has 6 nitrogen and oxygen atoms in total. The van der Waals surface area contributed by atoms with E-state index in [1.165, 1.54) is 17.5 Å². The molecule has 0 unspecified atom stereocenters. The highest BCUT2D eigenvalue weighted by atomic mass is 16.5. The minimum absolute atomic E-state index is 0.0623. The van der Waals surface area contributed by atoms with E-state index in [9.17, 15) is 4.79 Å². The summed E-state index contributed by atoms with van der Waals surface area (Å²) in [5, 5.41) is 8.36. The Morgan fingerprint density at radius 2 is 2.29 bits per heavy atom. The van der Waals surface area contributed by atoms with Gasteiger partial charge in [-0.25, -0.2) is 4.79 Å². The molecule has 1 saturated carbocycles. The molecule has 0 aliphatic heterocycles. The van der Waals surface area contributed by atoms with E-state index in [1.54, 1.807) is 6.92 Å². The van der Waals surface area contributed by atoms with Crippen LogP contribution in [0.3, 0.4) is 0 Å². The van der Waals surface area contributed by atoms with Gasteiger partial charge in [0.15, 0.2) is 5.65 Å². The molecule has 0 amide bonds. The zero-order valence-corrected chi connectivity index (χ0v) is 9.46. The third-order valence-corrected chi connectivity index (χ3v) is 2.68. The van der Waals surface area contributed by atoms with Crippen LogP contribution in [0.5, 0.6) is 0 Å². The molecule has 0 atom stereocenters. The number of hydrogen-bond donors (Lipinski definition) is 0. The molecule has 1 aliphatic carbocycles. The molecule has 2 heterocycles. The van der Waals surface area contributed by atoms with Gasteiger partial charge in [0.05, 0.1) is 12.3 Å². The van der Waals surface area contributed by atoms with Gasteiger partial charge in [-0.1, -0.05) is 0 Å². The van der Waals surface area contributed by atoms with Gasteiger partial charge in [-0.05, 0) is 31.9 Å². The lowest BCUT2D eigenvalue weighted by Gasteiger charge is -1.95. The minimum Gasteiger partial charge on any atom is -0.460 e. The first-order valence-corrected chi connectivity index (χ1v) is 5.69. The molecule has 88 valence electrons. The molecule has 0 aromatic carbocycles. The average molecular weight is 232 g/mol. The van der Waals surface area contributed by atoms with Crippen LogP contribution >= 0.6 is 0 Å². The van der Waals surface area contributed by atoms with Gasteiger partial charge in [-0.3, -0.25) is 0 Å². The van der Waals surface area contributed by atoms with Gasteiger partial charge >= 0.3 is 5.97 Å². The molecule has 1 fully saturated rings. The van der Waals surface area contributed by atoms with Crippen LogP contribution in [0.2, 0.25) is 0 Å². The van der Waals surface area contributed by atoms with Crippen molar-refractivity contribution in [3.63, 3.8) is 0 Å². The standard InChI is InChI=1S/C11H12N4O2/c1-2-17-11(16)10-12-9-6-5-8(7-3-4-7)13-15(9)14-10/h5-7H,2-4H2,1H3. The number of aromatic nitrogens is 4. The number of carbonyl (C=O) groups excluding carboxylic acids is 1. The summed E-state index contributed by atoms with van der Waals surface area (Å²) >= 11 is 0. The van der Waals surface area contributed by atoms with Crippen molar-refractivity contribution in [2.75, 3.05) is 6.61 Å². The Bertz CT molecular complexity index is 574. The number of ether oxygens (including phenoxy) is 1. The first-order chi connectivity index (χ1) is 8.28. The van der Waals surface area contributed by atoms with Crippen LogP contribution in [-0.4, -0.2) is 32.4 Å². The van der Waals surface area contributed by atoms with E-state index in [0.717, 1.165) is 5.69 Å². The highest BCUT2D eigenvalue weighted by Crippen LogP contribution is 2.38. The Balaban J connectivity index is 1.97. The predicted octanol–water partition coefficient (Wildman–Crippen LogP) is 1.18. The van der Waals surface area contributed by atoms with Crippen molar-refractivity contribution in [2.45, 2.75) is 25.7 Å². The van der Waals surface area contributed by atoms with Crippen LogP contribution in [0.15, 0.2) is 12.1 Å². The molecule has 6 heteroatoms. The second-order valence-electron chi connectivity index (χ2n) is 4.04. The van der Waals surface area contributed by atoms with Gasteiger partial charge < -0.3 is 4.74 Å². The summed E-state index contributed by atoms with van der Waals surface area (Å²) in [5.74, 6) is 0.105. The lowest BCUT2D eigenvalue weighted by atomic mass is 10.3. The van der Waals surface area contributed by atoms with Gasteiger partial charge in [0, 0.05) is 5.92 Å². The van der Waals surface area contributed by atoms with E-state index < -0.39 is 5.97 Å². The molecule has 17 heavy (non-hydrogen) atoms. The molecule has 0 N–H and O–H groups in total. The molecule has 2 aromatic heterocycles. The van der Waals surface area contributed by atoms with E-state index >= 15 is 0 Å². The van der Waals surface area contributed by atoms with Crippen molar-refractivity contribution in [2.24, 2.45) is 0 Å². The number of hydrogen-bond acceptors (Lipinski definition) is 5. The zero-order valence-electron chi connectivity index (χ0n) is 9.46. The Morgan fingerprint density at radius 1 is 1.47 bits per heavy atom. The van der Waals surface area contributed by atoms with Crippen LogP contribution < -0.4 is 0 Å². The highest BCUT2D eigenvalue weighted by Gasteiger charge is 2.26. The topological polar surface area (TPSA) is 69.4 Å². The molecule has 3 rings (SSSR count). The second-order valence-corrected chi connectivity index (χ2v) is 4.04. The molecule has 0 bridgehead atoms. The van der Waals surface area contributed by atoms with E-state index in [-0.39, 0.29) is 5.82 Å². The SMILES string of the molecule is CCOC(=O)c1nc2ccc(C3CC3)nn2n1. The zero-order chi connectivity index (χ0) is 11.8. The summed E-state index contributed by atoms with van der Waals surface area (Å²) in [6.07, 6.45) is 2.36. The summed E-state index contributed by atoms with van der Waals surface area (Å²) in [6.45, 7) is 2.06. The number of nitrogens with zero attached hydrogens (tertiary/aromatic N) is 4. The second kappa shape index (κ2) is 3.80. The quantitative estimate of drug-likeness (QED) is 0.743. The maximum absolute atomic E-state index is 11.5. The number of esters is 1.